The molecule has 0 saturated heterocycles. The van der Waals surface area contributed by atoms with Crippen LogP contribution in [-0.2, 0) is 6.42 Å². The molecule has 1 aromatic heterocycles. The minimum atomic E-state index is 0.743. The number of aryl methyl sites for hydroxylation is 1. The molecule has 3 rings (SSSR count). The van der Waals surface area contributed by atoms with Crippen LogP contribution in [0, 0.1) is 0 Å². The lowest BCUT2D eigenvalue weighted by molar-refractivity contribution is 0.823. The van der Waals surface area contributed by atoms with Crippen molar-refractivity contribution in [1.82, 2.24) is 15.0 Å². The molecule has 0 aliphatic heterocycles. The molecule has 0 fully saturated rings. The summed E-state index contributed by atoms with van der Waals surface area (Å²) in [7, 11) is 0. The van der Waals surface area contributed by atoms with Crippen molar-refractivity contribution in [2.45, 2.75) is 19.8 Å². The highest BCUT2D eigenvalue weighted by Gasteiger charge is 2.09. The summed E-state index contributed by atoms with van der Waals surface area (Å²) in [6.07, 6.45) is 1.88. The number of benzene rings is 2. The van der Waals surface area contributed by atoms with Gasteiger partial charge in [0, 0.05) is 17.5 Å². The first-order chi connectivity index (χ1) is 10.4. The largest absolute Gasteiger partial charge is 0.213 e. The van der Waals surface area contributed by atoms with Gasteiger partial charge in [-0.3, -0.25) is 0 Å². The topological polar surface area (TPSA) is 38.7 Å². The second-order valence-electron chi connectivity index (χ2n) is 4.88. The summed E-state index contributed by atoms with van der Waals surface area (Å²) in [5, 5.41) is 0. The van der Waals surface area contributed by atoms with Crippen LogP contribution in [0.25, 0.3) is 22.8 Å². The van der Waals surface area contributed by atoms with Gasteiger partial charge in [-0.05, 0) is 6.42 Å². The first-order valence-corrected chi connectivity index (χ1v) is 7.22. The zero-order valence-electron chi connectivity index (χ0n) is 12.0. The molecule has 0 spiro atoms. The van der Waals surface area contributed by atoms with Crippen LogP contribution in [0.5, 0.6) is 0 Å². The molecule has 0 amide bonds. The highest BCUT2D eigenvalue weighted by molar-refractivity contribution is 5.60. The van der Waals surface area contributed by atoms with Crippen LogP contribution in [0.1, 0.15) is 19.2 Å². The van der Waals surface area contributed by atoms with Gasteiger partial charge in [0.25, 0.3) is 0 Å². The lowest BCUT2D eigenvalue weighted by Crippen LogP contribution is -2.02. The monoisotopic (exact) mass is 275 g/mol. The highest BCUT2D eigenvalue weighted by atomic mass is 15.0. The molecule has 0 aliphatic carbocycles. The maximum atomic E-state index is 4.63. The van der Waals surface area contributed by atoms with E-state index in [2.05, 4.69) is 21.9 Å². The van der Waals surface area contributed by atoms with Gasteiger partial charge in [0.1, 0.15) is 5.82 Å². The van der Waals surface area contributed by atoms with Gasteiger partial charge in [0.05, 0.1) is 0 Å². The lowest BCUT2D eigenvalue weighted by Gasteiger charge is -2.07. The third-order valence-corrected chi connectivity index (χ3v) is 3.22. The third-order valence-electron chi connectivity index (χ3n) is 3.22. The van der Waals surface area contributed by atoms with E-state index in [0.29, 0.717) is 0 Å². The third kappa shape index (κ3) is 3.14. The molecule has 0 radical (unpaired) electrons. The Bertz CT molecular complexity index is 651. The fourth-order valence-corrected chi connectivity index (χ4v) is 2.19. The number of rotatable bonds is 4. The Morgan fingerprint density at radius 1 is 0.667 bits per heavy atom. The molecule has 3 nitrogen and oxygen atoms in total. The Labute approximate surface area is 124 Å². The maximum absolute atomic E-state index is 4.63. The van der Waals surface area contributed by atoms with E-state index >= 15 is 0 Å². The summed E-state index contributed by atoms with van der Waals surface area (Å²) in [6, 6.07) is 20.1. The summed E-state index contributed by atoms with van der Waals surface area (Å²) in [6.45, 7) is 2.13. The molecule has 3 aromatic rings. The van der Waals surface area contributed by atoms with Crippen molar-refractivity contribution in [1.29, 1.82) is 0 Å². The minimum absolute atomic E-state index is 0.743. The number of aromatic nitrogens is 3. The van der Waals surface area contributed by atoms with Crippen molar-refractivity contribution in [2.24, 2.45) is 0 Å². The van der Waals surface area contributed by atoms with Gasteiger partial charge in [-0.2, -0.15) is 0 Å². The normalized spacial score (nSPS) is 10.5. The average molecular weight is 275 g/mol. The van der Waals surface area contributed by atoms with Gasteiger partial charge in [-0.1, -0.05) is 67.6 Å². The lowest BCUT2D eigenvalue weighted by atomic mass is 10.2. The fraction of sp³-hybridized carbons (Fsp3) is 0.167. The van der Waals surface area contributed by atoms with E-state index in [1.54, 1.807) is 0 Å². The second-order valence-corrected chi connectivity index (χ2v) is 4.88. The summed E-state index contributed by atoms with van der Waals surface area (Å²) in [4.78, 5) is 13.8. The molecule has 0 aliphatic rings. The Morgan fingerprint density at radius 3 is 1.57 bits per heavy atom. The van der Waals surface area contributed by atoms with E-state index < -0.39 is 0 Å². The van der Waals surface area contributed by atoms with Crippen molar-refractivity contribution in [3.8, 4) is 22.8 Å². The van der Waals surface area contributed by atoms with Crippen LogP contribution < -0.4 is 0 Å². The summed E-state index contributed by atoms with van der Waals surface area (Å²) in [5.74, 6) is 2.34. The highest BCUT2D eigenvalue weighted by Crippen LogP contribution is 2.20. The Morgan fingerprint density at radius 2 is 1.14 bits per heavy atom. The van der Waals surface area contributed by atoms with E-state index in [4.69, 9.17) is 0 Å². The first kappa shape index (κ1) is 13.4. The minimum Gasteiger partial charge on any atom is -0.213 e. The SMILES string of the molecule is CCCc1nc(-c2ccccc2)nc(-c2ccccc2)n1. The van der Waals surface area contributed by atoms with Crippen molar-refractivity contribution in [2.75, 3.05) is 0 Å². The molecule has 3 heteroatoms. The number of hydrogen-bond acceptors (Lipinski definition) is 3. The molecule has 21 heavy (non-hydrogen) atoms. The van der Waals surface area contributed by atoms with Crippen molar-refractivity contribution >= 4 is 0 Å². The predicted molar refractivity (Wildman–Crippen MR) is 84.7 cm³/mol. The molecule has 104 valence electrons. The van der Waals surface area contributed by atoms with Crippen molar-refractivity contribution in [3.05, 3.63) is 66.5 Å². The molecule has 0 saturated carbocycles. The average Bonchev–Trinajstić information content (AvgIpc) is 2.56. The van der Waals surface area contributed by atoms with Gasteiger partial charge in [-0.15, -0.1) is 0 Å². The zero-order valence-corrected chi connectivity index (χ0v) is 12.0. The van der Waals surface area contributed by atoms with E-state index in [1.807, 2.05) is 60.7 Å². The van der Waals surface area contributed by atoms with E-state index in [-0.39, 0.29) is 0 Å². The Kier molecular flexibility index (Phi) is 4.01. The van der Waals surface area contributed by atoms with E-state index in [0.717, 1.165) is 41.4 Å². The molecule has 0 bridgehead atoms. The van der Waals surface area contributed by atoms with Gasteiger partial charge in [0.2, 0.25) is 0 Å². The maximum Gasteiger partial charge on any atom is 0.163 e. The molecule has 0 atom stereocenters. The van der Waals surface area contributed by atoms with Crippen LogP contribution in [0.15, 0.2) is 60.7 Å². The molecule has 1 heterocycles. The van der Waals surface area contributed by atoms with Crippen LogP contribution in [0.2, 0.25) is 0 Å². The standard InChI is InChI=1S/C18H17N3/c1-2-9-16-19-17(14-10-5-3-6-11-14)21-18(20-16)15-12-7-4-8-13-15/h3-8,10-13H,2,9H2,1H3. The molecule has 2 aromatic carbocycles. The smallest absolute Gasteiger partial charge is 0.163 e. The van der Waals surface area contributed by atoms with Gasteiger partial charge in [0.15, 0.2) is 11.6 Å². The summed E-state index contributed by atoms with van der Waals surface area (Å²) < 4.78 is 0. The molecular formula is C18H17N3. The molecular weight excluding hydrogens is 258 g/mol. The fourth-order valence-electron chi connectivity index (χ4n) is 2.19. The second kappa shape index (κ2) is 6.27. The van der Waals surface area contributed by atoms with Gasteiger partial charge >= 0.3 is 0 Å². The van der Waals surface area contributed by atoms with Crippen LogP contribution in [0.3, 0.4) is 0 Å². The Hall–Kier alpha value is -2.55. The van der Waals surface area contributed by atoms with E-state index in [9.17, 15) is 0 Å². The molecule has 0 N–H and O–H groups in total. The summed E-state index contributed by atoms with van der Waals surface area (Å²) >= 11 is 0. The van der Waals surface area contributed by atoms with Crippen LogP contribution in [0.4, 0.5) is 0 Å². The molecule has 0 unspecified atom stereocenters. The van der Waals surface area contributed by atoms with Crippen LogP contribution >= 0.6 is 0 Å². The van der Waals surface area contributed by atoms with Gasteiger partial charge in [-0.25, -0.2) is 15.0 Å². The van der Waals surface area contributed by atoms with Gasteiger partial charge < -0.3 is 0 Å². The zero-order chi connectivity index (χ0) is 14.5. The quantitative estimate of drug-likeness (QED) is 0.717. The number of hydrogen-bond donors (Lipinski definition) is 0. The van der Waals surface area contributed by atoms with Crippen molar-refractivity contribution in [3.63, 3.8) is 0 Å². The first-order valence-electron chi connectivity index (χ1n) is 7.22. The number of nitrogens with zero attached hydrogens (tertiary/aromatic N) is 3. The predicted octanol–water partition coefficient (Wildman–Crippen LogP) is 4.16. The van der Waals surface area contributed by atoms with E-state index in [1.165, 1.54) is 0 Å². The summed E-state index contributed by atoms with van der Waals surface area (Å²) in [5.41, 5.74) is 2.05. The van der Waals surface area contributed by atoms with Crippen molar-refractivity contribution < 1.29 is 0 Å². The van der Waals surface area contributed by atoms with Crippen LogP contribution in [-0.4, -0.2) is 15.0 Å². The Balaban J connectivity index is 2.11.